The molecule has 0 aliphatic carbocycles. The standard InChI is InChI=1S/C55H34N4S/c1-3-13-35(14-4-1)42-27-29-45(49(34-42)59-48-21-11-9-19-43(48)46-31-39-17-7-8-18-40(39)33-50(46)59)55-57-53(37-15-5-2-6-16-37)56-54(58-55)38-25-23-36(24-26-38)41-28-30-52-47(32-41)44-20-10-12-22-51(44)60-52/h1-34H. The van der Waals surface area contributed by atoms with E-state index in [1.54, 1.807) is 0 Å². The van der Waals surface area contributed by atoms with Gasteiger partial charge in [-0.15, -0.1) is 11.3 Å². The minimum absolute atomic E-state index is 0.610. The number of hydrogen-bond donors (Lipinski definition) is 0. The Balaban J connectivity index is 1.06. The van der Waals surface area contributed by atoms with Crippen molar-refractivity contribution in [3.05, 3.63) is 206 Å². The van der Waals surface area contributed by atoms with Crippen LogP contribution in [0.5, 0.6) is 0 Å². The van der Waals surface area contributed by atoms with E-state index in [1.807, 2.05) is 29.5 Å². The molecule has 5 heteroatoms. The Labute approximate surface area is 350 Å². The van der Waals surface area contributed by atoms with Crippen LogP contribution in [0.4, 0.5) is 0 Å². The second-order valence-corrected chi connectivity index (χ2v) is 16.3. The molecule has 12 rings (SSSR count). The molecule has 0 aliphatic rings. The molecule has 0 atom stereocenters. The van der Waals surface area contributed by atoms with E-state index in [2.05, 4.69) is 193 Å². The molecule has 0 aliphatic heterocycles. The lowest BCUT2D eigenvalue weighted by Crippen LogP contribution is -2.04. The van der Waals surface area contributed by atoms with E-state index in [-0.39, 0.29) is 0 Å². The molecule has 0 fully saturated rings. The molecule has 60 heavy (non-hydrogen) atoms. The number of para-hydroxylation sites is 1. The third-order valence-corrected chi connectivity index (χ3v) is 12.8. The van der Waals surface area contributed by atoms with Gasteiger partial charge < -0.3 is 4.57 Å². The second kappa shape index (κ2) is 14.0. The predicted octanol–water partition coefficient (Wildman–Crippen LogP) is 14.8. The van der Waals surface area contributed by atoms with Gasteiger partial charge in [0.15, 0.2) is 17.5 Å². The molecule has 0 saturated carbocycles. The van der Waals surface area contributed by atoms with E-state index in [9.17, 15) is 0 Å². The molecule has 0 amide bonds. The first kappa shape index (κ1) is 34.3. The van der Waals surface area contributed by atoms with Gasteiger partial charge in [-0.1, -0.05) is 158 Å². The van der Waals surface area contributed by atoms with Crippen LogP contribution in [0.2, 0.25) is 0 Å². The Kier molecular flexibility index (Phi) is 8.00. The van der Waals surface area contributed by atoms with Crippen LogP contribution in [0.15, 0.2) is 206 Å². The second-order valence-electron chi connectivity index (χ2n) is 15.2. The highest BCUT2D eigenvalue weighted by molar-refractivity contribution is 7.25. The smallest absolute Gasteiger partial charge is 0.166 e. The van der Waals surface area contributed by atoms with Crippen LogP contribution in [0.1, 0.15) is 0 Å². The van der Waals surface area contributed by atoms with Crippen molar-refractivity contribution in [3.63, 3.8) is 0 Å². The highest BCUT2D eigenvalue weighted by Crippen LogP contribution is 2.40. The molecule has 0 bridgehead atoms. The predicted molar refractivity (Wildman–Crippen MR) is 252 cm³/mol. The fourth-order valence-electron chi connectivity index (χ4n) is 8.69. The molecule has 12 aromatic rings. The molecule has 9 aromatic carbocycles. The van der Waals surface area contributed by atoms with Gasteiger partial charge in [-0.2, -0.15) is 0 Å². The van der Waals surface area contributed by atoms with Gasteiger partial charge in [-0.3, -0.25) is 0 Å². The van der Waals surface area contributed by atoms with E-state index in [0.717, 1.165) is 50.1 Å². The third kappa shape index (κ3) is 5.78. The highest BCUT2D eigenvalue weighted by Gasteiger charge is 2.21. The summed E-state index contributed by atoms with van der Waals surface area (Å²) in [5, 5.41) is 7.39. The maximum absolute atomic E-state index is 5.32. The molecule has 4 nitrogen and oxygen atoms in total. The summed E-state index contributed by atoms with van der Waals surface area (Å²) < 4.78 is 5.00. The quantitative estimate of drug-likeness (QED) is 0.169. The number of thiophene rings is 1. The van der Waals surface area contributed by atoms with Gasteiger partial charge >= 0.3 is 0 Å². The molecule has 0 spiro atoms. The number of aromatic nitrogens is 4. The van der Waals surface area contributed by atoms with E-state index < -0.39 is 0 Å². The average Bonchev–Trinajstić information content (AvgIpc) is 3.86. The first-order valence-electron chi connectivity index (χ1n) is 20.2. The summed E-state index contributed by atoms with van der Waals surface area (Å²) in [5.74, 6) is 1.86. The van der Waals surface area contributed by atoms with Crippen molar-refractivity contribution in [2.45, 2.75) is 0 Å². The molecule has 3 aromatic heterocycles. The van der Waals surface area contributed by atoms with Crippen molar-refractivity contribution in [3.8, 4) is 62.1 Å². The maximum atomic E-state index is 5.32. The molecule has 0 N–H and O–H groups in total. The maximum Gasteiger partial charge on any atom is 0.166 e. The van der Waals surface area contributed by atoms with Crippen LogP contribution >= 0.6 is 11.3 Å². The van der Waals surface area contributed by atoms with Crippen molar-refractivity contribution >= 4 is 64.1 Å². The number of nitrogens with zero attached hydrogens (tertiary/aromatic N) is 4. The molecule has 3 heterocycles. The van der Waals surface area contributed by atoms with Gasteiger partial charge in [0, 0.05) is 47.6 Å². The molecule has 280 valence electrons. The number of benzene rings is 9. The van der Waals surface area contributed by atoms with Gasteiger partial charge in [-0.05, 0) is 81.6 Å². The zero-order chi connectivity index (χ0) is 39.6. The molecule has 0 radical (unpaired) electrons. The number of rotatable bonds is 6. The largest absolute Gasteiger partial charge is 0.308 e. The van der Waals surface area contributed by atoms with Crippen molar-refractivity contribution in [1.29, 1.82) is 0 Å². The Morgan fingerprint density at radius 2 is 0.850 bits per heavy atom. The summed E-state index contributed by atoms with van der Waals surface area (Å²) in [6.45, 7) is 0. The zero-order valence-corrected chi connectivity index (χ0v) is 33.1. The van der Waals surface area contributed by atoms with Gasteiger partial charge in [-0.25, -0.2) is 15.0 Å². The van der Waals surface area contributed by atoms with Gasteiger partial charge in [0.2, 0.25) is 0 Å². The average molecular weight is 783 g/mol. The molecular weight excluding hydrogens is 749 g/mol. The van der Waals surface area contributed by atoms with E-state index >= 15 is 0 Å². The molecule has 0 saturated heterocycles. The fourth-order valence-corrected chi connectivity index (χ4v) is 9.78. The summed E-state index contributed by atoms with van der Waals surface area (Å²) in [6.07, 6.45) is 0. The Bertz CT molecular complexity index is 3590. The van der Waals surface area contributed by atoms with Crippen LogP contribution in [-0.2, 0) is 0 Å². The van der Waals surface area contributed by atoms with E-state index in [0.29, 0.717) is 17.5 Å². The lowest BCUT2D eigenvalue weighted by Gasteiger charge is -2.16. The third-order valence-electron chi connectivity index (χ3n) is 11.6. The van der Waals surface area contributed by atoms with Crippen molar-refractivity contribution in [1.82, 2.24) is 19.5 Å². The summed E-state index contributed by atoms with van der Waals surface area (Å²) in [6, 6.07) is 73.4. The summed E-state index contributed by atoms with van der Waals surface area (Å²) >= 11 is 1.84. The van der Waals surface area contributed by atoms with Crippen LogP contribution in [0.3, 0.4) is 0 Å². The molecule has 0 unspecified atom stereocenters. The minimum atomic E-state index is 0.610. The van der Waals surface area contributed by atoms with E-state index in [1.165, 1.54) is 47.3 Å². The topological polar surface area (TPSA) is 43.6 Å². The SMILES string of the molecule is c1ccc(-c2ccc(-c3nc(-c4ccccc4)nc(-c4ccc(-c5ccc6sc7ccccc7c6c5)cc4)n3)c(-n3c4ccccc4c4cc5ccccc5cc43)c2)cc1. The number of hydrogen-bond acceptors (Lipinski definition) is 4. The lowest BCUT2D eigenvalue weighted by atomic mass is 10.0. The van der Waals surface area contributed by atoms with Gasteiger partial charge in [0.1, 0.15) is 0 Å². The Hall–Kier alpha value is -7.73. The summed E-state index contributed by atoms with van der Waals surface area (Å²) in [4.78, 5) is 15.7. The Morgan fingerprint density at radius 3 is 1.63 bits per heavy atom. The molecular formula is C55H34N4S. The fraction of sp³-hybridized carbons (Fsp3) is 0. The zero-order valence-electron chi connectivity index (χ0n) is 32.3. The number of fused-ring (bicyclic) bond motifs is 7. The summed E-state index contributed by atoms with van der Waals surface area (Å²) in [7, 11) is 0. The van der Waals surface area contributed by atoms with Crippen LogP contribution in [0.25, 0.3) is 115 Å². The van der Waals surface area contributed by atoms with Crippen LogP contribution < -0.4 is 0 Å². The van der Waals surface area contributed by atoms with Crippen molar-refractivity contribution in [2.75, 3.05) is 0 Å². The van der Waals surface area contributed by atoms with Gasteiger partial charge in [0.25, 0.3) is 0 Å². The normalized spacial score (nSPS) is 11.7. The van der Waals surface area contributed by atoms with Crippen molar-refractivity contribution < 1.29 is 0 Å². The first-order chi connectivity index (χ1) is 29.7. The van der Waals surface area contributed by atoms with Crippen LogP contribution in [0, 0.1) is 0 Å². The van der Waals surface area contributed by atoms with Gasteiger partial charge in [0.05, 0.1) is 16.7 Å². The lowest BCUT2D eigenvalue weighted by molar-refractivity contribution is 1.06. The summed E-state index contributed by atoms with van der Waals surface area (Å²) in [5.41, 5.74) is 10.6. The minimum Gasteiger partial charge on any atom is -0.308 e. The first-order valence-corrected chi connectivity index (χ1v) is 21.0. The highest BCUT2D eigenvalue weighted by atomic mass is 32.1. The van der Waals surface area contributed by atoms with Crippen LogP contribution in [-0.4, -0.2) is 19.5 Å². The van der Waals surface area contributed by atoms with E-state index in [4.69, 9.17) is 15.0 Å². The van der Waals surface area contributed by atoms with Crippen molar-refractivity contribution in [2.24, 2.45) is 0 Å². The Morgan fingerprint density at radius 1 is 0.317 bits per heavy atom. The monoisotopic (exact) mass is 782 g/mol.